The number of carbonyl (C=O) groups excluding carboxylic acids is 1. The van der Waals surface area contributed by atoms with Crippen LogP contribution in [0, 0.1) is 5.92 Å². The summed E-state index contributed by atoms with van der Waals surface area (Å²) in [7, 11) is 0. The van der Waals surface area contributed by atoms with Crippen LogP contribution in [0.1, 0.15) is 63.4 Å². The van der Waals surface area contributed by atoms with Gasteiger partial charge < -0.3 is 10.8 Å². The highest BCUT2D eigenvalue weighted by Crippen LogP contribution is 2.19. The molecular formula is C21H33NO2. The highest BCUT2D eigenvalue weighted by molar-refractivity contribution is 5.77. The Labute approximate surface area is 147 Å². The lowest BCUT2D eigenvalue weighted by Crippen LogP contribution is -2.33. The van der Waals surface area contributed by atoms with Crippen LogP contribution in [0.15, 0.2) is 43.0 Å². The summed E-state index contributed by atoms with van der Waals surface area (Å²) in [6.45, 7) is 3.72. The fraction of sp³-hybridized carbons (Fsp3) is 0.571. The van der Waals surface area contributed by atoms with Gasteiger partial charge in [-0.2, -0.15) is 0 Å². The van der Waals surface area contributed by atoms with E-state index in [2.05, 4.69) is 18.7 Å². The Hall–Kier alpha value is -1.61. The number of benzene rings is 1. The van der Waals surface area contributed by atoms with Gasteiger partial charge in [-0.1, -0.05) is 62.1 Å². The van der Waals surface area contributed by atoms with Crippen molar-refractivity contribution in [3.8, 4) is 0 Å². The monoisotopic (exact) mass is 331 g/mol. The predicted octanol–water partition coefficient (Wildman–Crippen LogP) is 4.39. The molecule has 0 saturated carbocycles. The molecule has 2 unspecified atom stereocenters. The lowest BCUT2D eigenvalue weighted by Gasteiger charge is -2.20. The maximum Gasteiger partial charge on any atom is 0.223 e. The summed E-state index contributed by atoms with van der Waals surface area (Å²) in [5.74, 6) is -0.775. The fourth-order valence-electron chi connectivity index (χ4n) is 3.07. The van der Waals surface area contributed by atoms with E-state index in [1.54, 1.807) is 0 Å². The molecule has 24 heavy (non-hydrogen) atoms. The van der Waals surface area contributed by atoms with Crippen LogP contribution in [0.2, 0.25) is 0 Å². The van der Waals surface area contributed by atoms with E-state index in [0.717, 1.165) is 32.1 Å². The van der Waals surface area contributed by atoms with E-state index in [4.69, 9.17) is 5.73 Å². The van der Waals surface area contributed by atoms with E-state index in [9.17, 15) is 9.90 Å². The van der Waals surface area contributed by atoms with Crippen molar-refractivity contribution in [2.45, 2.75) is 70.3 Å². The lowest BCUT2D eigenvalue weighted by molar-refractivity contribution is -0.125. The van der Waals surface area contributed by atoms with E-state index < -0.39 is 12.0 Å². The first-order valence-corrected chi connectivity index (χ1v) is 9.27. The molecule has 2 atom stereocenters. The van der Waals surface area contributed by atoms with Crippen molar-refractivity contribution in [3.63, 3.8) is 0 Å². The molecule has 0 aliphatic heterocycles. The number of primary amides is 1. The first-order valence-electron chi connectivity index (χ1n) is 9.27. The normalized spacial score (nSPS) is 13.4. The number of aliphatic hydroxyl groups excluding tert-OH is 1. The Morgan fingerprint density at radius 3 is 2.38 bits per heavy atom. The lowest BCUT2D eigenvalue weighted by atomic mass is 9.91. The second-order valence-corrected chi connectivity index (χ2v) is 6.59. The molecule has 3 N–H and O–H groups in total. The van der Waals surface area contributed by atoms with Crippen molar-refractivity contribution in [1.82, 2.24) is 0 Å². The van der Waals surface area contributed by atoms with Crippen molar-refractivity contribution in [1.29, 1.82) is 0 Å². The van der Waals surface area contributed by atoms with Crippen LogP contribution < -0.4 is 5.73 Å². The van der Waals surface area contributed by atoms with Crippen molar-refractivity contribution < 1.29 is 9.90 Å². The van der Waals surface area contributed by atoms with Gasteiger partial charge in [0, 0.05) is 0 Å². The number of carbonyl (C=O) groups is 1. The Kier molecular flexibility index (Phi) is 10.9. The molecule has 0 aromatic heterocycles. The third kappa shape index (κ3) is 8.88. The molecule has 0 saturated heterocycles. The van der Waals surface area contributed by atoms with Crippen LogP contribution in [0.25, 0.3) is 0 Å². The average molecular weight is 332 g/mol. The minimum absolute atomic E-state index is 0.367. The molecule has 0 heterocycles. The number of aryl methyl sites for hydroxylation is 1. The molecule has 0 fully saturated rings. The second-order valence-electron chi connectivity index (χ2n) is 6.59. The molecule has 1 aromatic carbocycles. The minimum atomic E-state index is -0.619. The standard InChI is InChI=1S/C21H33NO2/c1-2-3-4-5-6-7-11-16-19(21(22)24)20(23)17-12-15-18-13-9-8-10-14-18/h2,8-10,13-14,19-20,23H,1,3-7,11-12,15-17H2,(H2,22,24). The van der Waals surface area contributed by atoms with Gasteiger partial charge >= 0.3 is 0 Å². The van der Waals surface area contributed by atoms with Gasteiger partial charge in [0.1, 0.15) is 0 Å². The van der Waals surface area contributed by atoms with Gasteiger partial charge in [-0.05, 0) is 44.1 Å². The number of nitrogens with two attached hydrogens (primary N) is 1. The minimum Gasteiger partial charge on any atom is -0.392 e. The highest BCUT2D eigenvalue weighted by Gasteiger charge is 2.23. The number of hydrogen-bond acceptors (Lipinski definition) is 2. The number of hydrogen-bond donors (Lipinski definition) is 2. The molecule has 0 radical (unpaired) electrons. The van der Waals surface area contributed by atoms with Crippen LogP contribution >= 0.6 is 0 Å². The van der Waals surface area contributed by atoms with Gasteiger partial charge in [-0.3, -0.25) is 4.79 Å². The number of unbranched alkanes of at least 4 members (excludes halogenated alkanes) is 5. The van der Waals surface area contributed by atoms with E-state index in [-0.39, 0.29) is 5.91 Å². The topological polar surface area (TPSA) is 63.3 Å². The Morgan fingerprint density at radius 1 is 1.04 bits per heavy atom. The first-order chi connectivity index (χ1) is 11.6. The predicted molar refractivity (Wildman–Crippen MR) is 101 cm³/mol. The highest BCUT2D eigenvalue weighted by atomic mass is 16.3. The van der Waals surface area contributed by atoms with Crippen molar-refractivity contribution in [2.75, 3.05) is 0 Å². The number of allylic oxidation sites excluding steroid dienone is 1. The van der Waals surface area contributed by atoms with Crippen LogP contribution in [0.3, 0.4) is 0 Å². The molecule has 3 heteroatoms. The third-order valence-corrected chi connectivity index (χ3v) is 4.56. The summed E-state index contributed by atoms with van der Waals surface area (Å²) in [4.78, 5) is 11.6. The number of amides is 1. The summed E-state index contributed by atoms with van der Waals surface area (Å²) in [5, 5.41) is 10.3. The average Bonchev–Trinajstić information content (AvgIpc) is 2.58. The molecular weight excluding hydrogens is 298 g/mol. The molecule has 1 amide bonds. The summed E-state index contributed by atoms with van der Waals surface area (Å²) in [6.07, 6.45) is 11.1. The smallest absolute Gasteiger partial charge is 0.223 e. The van der Waals surface area contributed by atoms with E-state index in [0.29, 0.717) is 12.8 Å². The molecule has 134 valence electrons. The Bertz CT molecular complexity index is 458. The fourth-order valence-corrected chi connectivity index (χ4v) is 3.07. The van der Waals surface area contributed by atoms with Gasteiger partial charge in [0.05, 0.1) is 12.0 Å². The number of rotatable bonds is 14. The summed E-state index contributed by atoms with van der Waals surface area (Å²) in [6, 6.07) is 10.2. The van der Waals surface area contributed by atoms with Gasteiger partial charge in [0.15, 0.2) is 0 Å². The van der Waals surface area contributed by atoms with Crippen LogP contribution in [0.4, 0.5) is 0 Å². The maximum atomic E-state index is 11.6. The summed E-state index contributed by atoms with van der Waals surface area (Å²) < 4.78 is 0. The zero-order chi connectivity index (χ0) is 17.6. The summed E-state index contributed by atoms with van der Waals surface area (Å²) >= 11 is 0. The number of aliphatic hydroxyl groups is 1. The van der Waals surface area contributed by atoms with E-state index in [1.165, 1.54) is 24.8 Å². The van der Waals surface area contributed by atoms with Gasteiger partial charge in [0.2, 0.25) is 5.91 Å². The zero-order valence-electron chi connectivity index (χ0n) is 14.8. The zero-order valence-corrected chi connectivity index (χ0v) is 14.8. The maximum absolute atomic E-state index is 11.6. The molecule has 1 rings (SSSR count). The van der Waals surface area contributed by atoms with E-state index >= 15 is 0 Å². The Morgan fingerprint density at radius 2 is 1.71 bits per heavy atom. The van der Waals surface area contributed by atoms with Crippen LogP contribution in [-0.2, 0) is 11.2 Å². The second kappa shape index (κ2) is 12.8. The molecule has 0 bridgehead atoms. The molecule has 1 aromatic rings. The molecule has 3 nitrogen and oxygen atoms in total. The van der Waals surface area contributed by atoms with Gasteiger partial charge in [-0.25, -0.2) is 0 Å². The summed E-state index contributed by atoms with van der Waals surface area (Å²) in [5.41, 5.74) is 6.75. The van der Waals surface area contributed by atoms with Crippen molar-refractivity contribution >= 4 is 5.91 Å². The van der Waals surface area contributed by atoms with Gasteiger partial charge in [-0.15, -0.1) is 6.58 Å². The molecule has 0 aliphatic carbocycles. The third-order valence-electron chi connectivity index (χ3n) is 4.56. The van der Waals surface area contributed by atoms with Crippen LogP contribution in [-0.4, -0.2) is 17.1 Å². The molecule has 0 aliphatic rings. The first kappa shape index (κ1) is 20.4. The van der Waals surface area contributed by atoms with E-state index in [1.807, 2.05) is 24.3 Å². The quantitative estimate of drug-likeness (QED) is 0.392. The van der Waals surface area contributed by atoms with Crippen molar-refractivity contribution in [2.24, 2.45) is 11.7 Å². The largest absolute Gasteiger partial charge is 0.392 e. The molecule has 0 spiro atoms. The van der Waals surface area contributed by atoms with Crippen molar-refractivity contribution in [3.05, 3.63) is 48.6 Å². The Balaban J connectivity index is 2.22. The SMILES string of the molecule is C=CCCCCCCCC(C(N)=O)C(O)CCCc1ccccc1. The van der Waals surface area contributed by atoms with Crippen LogP contribution in [0.5, 0.6) is 0 Å². The van der Waals surface area contributed by atoms with Gasteiger partial charge in [0.25, 0.3) is 0 Å².